The average Bonchev–Trinajstić information content (AvgIpc) is 2.48. The highest BCUT2D eigenvalue weighted by atomic mass is 28.4. The van der Waals surface area contributed by atoms with Crippen LogP contribution in [0.15, 0.2) is 0 Å². The van der Waals surface area contributed by atoms with Crippen LogP contribution < -0.4 is 0 Å². The van der Waals surface area contributed by atoms with Gasteiger partial charge in [0.15, 0.2) is 0 Å². The third-order valence-electron chi connectivity index (χ3n) is 3.10. The van der Waals surface area contributed by atoms with E-state index in [1.807, 2.05) is 34.6 Å². The molecule has 6 nitrogen and oxygen atoms in total. The molecule has 0 fully saturated rings. The standard InChI is InChI=1S/C15H34O6Si/c1-7-17-15(18-8-2,19-9-3)13-12-14-22(16-6,20-10-4)21-11-5/h7-14H2,1-6H3. The van der Waals surface area contributed by atoms with Crippen molar-refractivity contribution < 1.29 is 27.5 Å². The largest absolute Gasteiger partial charge is 0.500 e. The fourth-order valence-electron chi connectivity index (χ4n) is 2.37. The molecule has 0 aliphatic rings. The van der Waals surface area contributed by atoms with Crippen molar-refractivity contribution in [3.05, 3.63) is 0 Å². The van der Waals surface area contributed by atoms with Gasteiger partial charge in [0.25, 0.3) is 5.97 Å². The quantitative estimate of drug-likeness (QED) is 0.338. The molecule has 0 unspecified atom stereocenters. The molecular weight excluding hydrogens is 304 g/mol. The zero-order valence-electron chi connectivity index (χ0n) is 15.1. The van der Waals surface area contributed by atoms with Gasteiger partial charge >= 0.3 is 8.80 Å². The van der Waals surface area contributed by atoms with Gasteiger partial charge in [0.1, 0.15) is 0 Å². The van der Waals surface area contributed by atoms with Gasteiger partial charge in [-0.15, -0.1) is 0 Å². The van der Waals surface area contributed by atoms with Crippen molar-refractivity contribution in [1.29, 1.82) is 0 Å². The lowest BCUT2D eigenvalue weighted by Crippen LogP contribution is -2.46. The maximum atomic E-state index is 5.79. The van der Waals surface area contributed by atoms with E-state index >= 15 is 0 Å². The first-order valence-corrected chi connectivity index (χ1v) is 10.3. The minimum atomic E-state index is -2.60. The van der Waals surface area contributed by atoms with Crippen LogP contribution in [0.5, 0.6) is 0 Å². The third-order valence-corrected chi connectivity index (χ3v) is 6.14. The second-order valence-electron chi connectivity index (χ2n) is 4.59. The molecule has 0 saturated heterocycles. The Morgan fingerprint density at radius 1 is 0.727 bits per heavy atom. The van der Waals surface area contributed by atoms with Crippen LogP contribution in [0.1, 0.15) is 47.5 Å². The summed E-state index contributed by atoms with van der Waals surface area (Å²) in [6.45, 7) is 12.4. The molecule has 0 heterocycles. The normalized spacial score (nSPS) is 12.8. The summed E-state index contributed by atoms with van der Waals surface area (Å²) >= 11 is 0. The van der Waals surface area contributed by atoms with Gasteiger partial charge in [0.05, 0.1) is 0 Å². The third kappa shape index (κ3) is 7.50. The Hall–Kier alpha value is -0.0231. The van der Waals surface area contributed by atoms with Crippen molar-refractivity contribution in [2.24, 2.45) is 0 Å². The van der Waals surface area contributed by atoms with Crippen LogP contribution in [0.2, 0.25) is 6.04 Å². The molecule has 0 rings (SSSR count). The first kappa shape index (κ1) is 22.0. The Morgan fingerprint density at radius 2 is 1.18 bits per heavy atom. The molecule has 0 aliphatic heterocycles. The van der Waals surface area contributed by atoms with Crippen molar-refractivity contribution in [1.82, 2.24) is 0 Å². The molecule has 0 N–H and O–H groups in total. The predicted molar refractivity (Wildman–Crippen MR) is 87.7 cm³/mol. The number of hydrogen-bond donors (Lipinski definition) is 0. The second kappa shape index (κ2) is 12.4. The maximum Gasteiger partial charge on any atom is 0.500 e. The molecule has 134 valence electrons. The van der Waals surface area contributed by atoms with E-state index in [0.717, 1.165) is 6.42 Å². The smallest absolute Gasteiger partial charge is 0.377 e. The first-order chi connectivity index (χ1) is 10.6. The highest BCUT2D eigenvalue weighted by Gasteiger charge is 2.41. The van der Waals surface area contributed by atoms with Crippen molar-refractivity contribution in [3.8, 4) is 0 Å². The molecular formula is C15H34O6Si. The lowest BCUT2D eigenvalue weighted by Gasteiger charge is -2.33. The van der Waals surface area contributed by atoms with E-state index in [-0.39, 0.29) is 0 Å². The van der Waals surface area contributed by atoms with E-state index in [1.54, 1.807) is 7.11 Å². The second-order valence-corrected chi connectivity index (χ2v) is 7.44. The average molecular weight is 339 g/mol. The minimum Gasteiger partial charge on any atom is -0.377 e. The zero-order valence-corrected chi connectivity index (χ0v) is 16.1. The van der Waals surface area contributed by atoms with Gasteiger partial charge < -0.3 is 27.5 Å². The molecule has 0 radical (unpaired) electrons. The van der Waals surface area contributed by atoms with E-state index in [0.29, 0.717) is 45.5 Å². The SMILES string of the molecule is CCOC(CCC[Si](OC)(OCC)OCC)(OCC)OCC. The van der Waals surface area contributed by atoms with Gasteiger partial charge in [-0.3, -0.25) is 0 Å². The van der Waals surface area contributed by atoms with Gasteiger partial charge in [0.2, 0.25) is 0 Å². The van der Waals surface area contributed by atoms with Crippen LogP contribution in [-0.4, -0.2) is 54.9 Å². The van der Waals surface area contributed by atoms with E-state index in [1.165, 1.54) is 0 Å². The maximum absolute atomic E-state index is 5.79. The fraction of sp³-hybridized carbons (Fsp3) is 1.00. The Morgan fingerprint density at radius 3 is 1.50 bits per heavy atom. The molecule has 7 heteroatoms. The van der Waals surface area contributed by atoms with Gasteiger partial charge in [-0.25, -0.2) is 0 Å². The topological polar surface area (TPSA) is 55.4 Å². The van der Waals surface area contributed by atoms with E-state index < -0.39 is 14.8 Å². The van der Waals surface area contributed by atoms with Crippen LogP contribution in [0.3, 0.4) is 0 Å². The molecule has 0 bridgehead atoms. The Bertz CT molecular complexity index is 241. The fourth-order valence-corrected chi connectivity index (χ4v) is 4.67. The van der Waals surface area contributed by atoms with Crippen molar-refractivity contribution in [3.63, 3.8) is 0 Å². The van der Waals surface area contributed by atoms with Crippen LogP contribution in [-0.2, 0) is 27.5 Å². The number of hydrogen-bond acceptors (Lipinski definition) is 6. The van der Waals surface area contributed by atoms with Crippen LogP contribution >= 0.6 is 0 Å². The predicted octanol–water partition coefficient (Wildman–Crippen LogP) is 3.19. The monoisotopic (exact) mass is 338 g/mol. The molecule has 22 heavy (non-hydrogen) atoms. The molecule has 0 amide bonds. The lowest BCUT2D eigenvalue weighted by molar-refractivity contribution is -0.379. The number of rotatable bonds is 15. The minimum absolute atomic E-state index is 0.532. The Labute approximate surface area is 136 Å². The summed E-state index contributed by atoms with van der Waals surface area (Å²) in [5.41, 5.74) is 0. The Kier molecular flexibility index (Phi) is 12.4. The van der Waals surface area contributed by atoms with Crippen LogP contribution in [0.4, 0.5) is 0 Å². The molecule has 0 aliphatic carbocycles. The highest BCUT2D eigenvalue weighted by molar-refractivity contribution is 6.60. The van der Waals surface area contributed by atoms with E-state index in [9.17, 15) is 0 Å². The molecule has 0 spiro atoms. The van der Waals surface area contributed by atoms with E-state index in [4.69, 9.17) is 27.5 Å². The number of ether oxygens (including phenoxy) is 3. The summed E-state index contributed by atoms with van der Waals surface area (Å²) < 4.78 is 34.3. The lowest BCUT2D eigenvalue weighted by atomic mass is 10.3. The molecule has 0 aromatic rings. The van der Waals surface area contributed by atoms with Crippen LogP contribution in [0, 0.1) is 0 Å². The summed E-state index contributed by atoms with van der Waals surface area (Å²) in [7, 11) is -0.954. The van der Waals surface area contributed by atoms with Crippen molar-refractivity contribution in [2.45, 2.75) is 59.5 Å². The van der Waals surface area contributed by atoms with Gasteiger partial charge in [-0.1, -0.05) is 0 Å². The first-order valence-electron chi connectivity index (χ1n) is 8.32. The summed E-state index contributed by atoms with van der Waals surface area (Å²) in [6.07, 6.45) is 1.39. The van der Waals surface area contributed by atoms with E-state index in [2.05, 4.69) is 0 Å². The molecule has 0 atom stereocenters. The molecule has 0 saturated carbocycles. The van der Waals surface area contributed by atoms with Crippen molar-refractivity contribution in [2.75, 3.05) is 40.1 Å². The summed E-state index contributed by atoms with van der Waals surface area (Å²) in [5, 5.41) is 0. The van der Waals surface area contributed by atoms with Crippen molar-refractivity contribution >= 4 is 8.80 Å². The van der Waals surface area contributed by atoms with Crippen LogP contribution in [0.25, 0.3) is 0 Å². The summed E-state index contributed by atoms with van der Waals surface area (Å²) in [4.78, 5) is 0. The van der Waals surface area contributed by atoms with Gasteiger partial charge in [-0.05, 0) is 41.0 Å². The molecule has 0 aromatic carbocycles. The zero-order chi connectivity index (χ0) is 16.9. The van der Waals surface area contributed by atoms with Gasteiger partial charge in [-0.2, -0.15) is 0 Å². The summed E-state index contributed by atoms with van der Waals surface area (Å²) in [6, 6.07) is 0.708. The molecule has 0 aromatic heterocycles. The highest BCUT2D eigenvalue weighted by Crippen LogP contribution is 2.26. The Balaban J connectivity index is 4.72. The van der Waals surface area contributed by atoms with Gasteiger partial charge in [0, 0.05) is 52.6 Å². The summed E-state index contributed by atoms with van der Waals surface area (Å²) in [5.74, 6) is -0.982.